The summed E-state index contributed by atoms with van der Waals surface area (Å²) in [6.07, 6.45) is 2.38. The normalized spacial score (nSPS) is 16.5. The largest absolute Gasteiger partial charge is 0.356 e. The van der Waals surface area contributed by atoms with Crippen LogP contribution in [-0.2, 0) is 14.8 Å². The number of hydrogen-bond donors (Lipinski definition) is 2. The molecule has 1 aliphatic heterocycles. The van der Waals surface area contributed by atoms with Gasteiger partial charge < -0.3 is 10.2 Å². The maximum absolute atomic E-state index is 13.1. The molecule has 2 aromatic carbocycles. The molecule has 0 aromatic heterocycles. The van der Waals surface area contributed by atoms with Crippen LogP contribution in [0.15, 0.2) is 47.4 Å². The third-order valence-electron chi connectivity index (χ3n) is 5.61. The van der Waals surface area contributed by atoms with Gasteiger partial charge in [0.05, 0.1) is 10.8 Å². The summed E-state index contributed by atoms with van der Waals surface area (Å²) >= 11 is 0. The Balaban J connectivity index is 1.74. The van der Waals surface area contributed by atoms with E-state index >= 15 is 0 Å². The molecule has 0 spiro atoms. The lowest BCUT2D eigenvalue weighted by Crippen LogP contribution is -2.45. The number of carbonyl (C=O) groups is 2. The Labute approximate surface area is 190 Å². The van der Waals surface area contributed by atoms with Crippen molar-refractivity contribution in [3.8, 4) is 0 Å². The van der Waals surface area contributed by atoms with Crippen LogP contribution in [0.25, 0.3) is 0 Å². The van der Waals surface area contributed by atoms with Crippen molar-refractivity contribution in [3.63, 3.8) is 0 Å². The lowest BCUT2D eigenvalue weighted by molar-refractivity contribution is -0.126. The van der Waals surface area contributed by atoms with E-state index in [4.69, 9.17) is 0 Å². The molecular weight excluding hydrogens is 426 g/mol. The molecule has 1 fully saturated rings. The summed E-state index contributed by atoms with van der Waals surface area (Å²) in [5.41, 5.74) is 2.35. The van der Waals surface area contributed by atoms with Crippen molar-refractivity contribution in [2.75, 3.05) is 24.4 Å². The average Bonchev–Trinajstić information content (AvgIpc) is 2.76. The smallest absolute Gasteiger partial charge is 0.262 e. The number of nitrogens with zero attached hydrogens (tertiary/aromatic N) is 1. The number of carbonyl (C=O) groups excluding carboxylic acids is 2. The van der Waals surface area contributed by atoms with Gasteiger partial charge in [-0.25, -0.2) is 8.42 Å². The predicted molar refractivity (Wildman–Crippen MR) is 125 cm³/mol. The maximum Gasteiger partial charge on any atom is 0.262 e. The maximum atomic E-state index is 13.1. The molecule has 1 aliphatic rings. The number of anilines is 1. The minimum atomic E-state index is -3.78. The van der Waals surface area contributed by atoms with Gasteiger partial charge in [0, 0.05) is 30.9 Å². The first-order valence-corrected chi connectivity index (χ1v) is 12.5. The van der Waals surface area contributed by atoms with Crippen molar-refractivity contribution in [2.24, 2.45) is 5.92 Å². The number of benzene rings is 2. The molecule has 32 heavy (non-hydrogen) atoms. The molecular formula is C24H31N3O4S. The van der Waals surface area contributed by atoms with E-state index in [1.807, 2.05) is 19.9 Å². The summed E-state index contributed by atoms with van der Waals surface area (Å²) in [4.78, 5) is 27.3. The molecule has 8 heteroatoms. The van der Waals surface area contributed by atoms with Gasteiger partial charge in [0.15, 0.2) is 0 Å². The first kappa shape index (κ1) is 23.8. The van der Waals surface area contributed by atoms with Gasteiger partial charge in [-0.1, -0.05) is 30.7 Å². The molecule has 2 amide bonds. The highest BCUT2D eigenvalue weighted by atomic mass is 32.2. The highest BCUT2D eigenvalue weighted by Gasteiger charge is 2.29. The number of sulfonamides is 1. The number of likely N-dealkylation sites (tertiary alicyclic amines) is 1. The third-order valence-corrected chi connectivity index (χ3v) is 7.15. The highest BCUT2D eigenvalue weighted by molar-refractivity contribution is 7.92. The second kappa shape index (κ2) is 10.2. The van der Waals surface area contributed by atoms with Crippen LogP contribution < -0.4 is 10.0 Å². The SMILES string of the molecule is CCCNC(=O)[C@@H]1CCCN(C(=O)c2cccc(NS(=O)(=O)c3ccc(C)cc3C)c2)C1. The summed E-state index contributed by atoms with van der Waals surface area (Å²) < 4.78 is 28.3. The van der Waals surface area contributed by atoms with Crippen LogP contribution in [0.3, 0.4) is 0 Å². The van der Waals surface area contributed by atoms with Crippen LogP contribution in [0.2, 0.25) is 0 Å². The molecule has 2 aromatic rings. The summed E-state index contributed by atoms with van der Waals surface area (Å²) in [6, 6.07) is 11.6. The van der Waals surface area contributed by atoms with E-state index < -0.39 is 10.0 Å². The Morgan fingerprint density at radius 1 is 1.12 bits per heavy atom. The number of aryl methyl sites for hydroxylation is 2. The van der Waals surface area contributed by atoms with E-state index in [9.17, 15) is 18.0 Å². The van der Waals surface area contributed by atoms with Crippen molar-refractivity contribution in [2.45, 2.75) is 44.9 Å². The summed E-state index contributed by atoms with van der Waals surface area (Å²) in [6.45, 7) is 7.24. The molecule has 2 N–H and O–H groups in total. The zero-order valence-corrected chi connectivity index (χ0v) is 19.7. The molecule has 1 saturated heterocycles. The van der Waals surface area contributed by atoms with Crippen molar-refractivity contribution in [1.82, 2.24) is 10.2 Å². The number of hydrogen-bond acceptors (Lipinski definition) is 4. The fraction of sp³-hybridized carbons (Fsp3) is 0.417. The predicted octanol–water partition coefficient (Wildman–Crippen LogP) is 3.48. The number of amides is 2. The van der Waals surface area contributed by atoms with Crippen LogP contribution in [0.1, 0.15) is 47.7 Å². The minimum Gasteiger partial charge on any atom is -0.356 e. The molecule has 0 radical (unpaired) electrons. The molecule has 0 aliphatic carbocycles. The molecule has 3 rings (SSSR count). The van der Waals surface area contributed by atoms with Gasteiger partial charge in [-0.05, 0) is 62.9 Å². The van der Waals surface area contributed by atoms with Crippen molar-refractivity contribution in [3.05, 3.63) is 59.2 Å². The molecule has 1 atom stereocenters. The van der Waals surface area contributed by atoms with Crippen LogP contribution >= 0.6 is 0 Å². The van der Waals surface area contributed by atoms with Crippen LogP contribution in [0, 0.1) is 19.8 Å². The summed E-state index contributed by atoms with van der Waals surface area (Å²) in [7, 11) is -3.78. The van der Waals surface area contributed by atoms with Gasteiger partial charge in [0.25, 0.3) is 15.9 Å². The standard InChI is InChI=1S/C24H31N3O4S/c1-4-12-25-23(28)20-8-6-13-27(16-20)24(29)19-7-5-9-21(15-19)26-32(30,31)22-11-10-17(2)14-18(22)3/h5,7,9-11,14-15,20,26H,4,6,8,12-13,16H2,1-3H3,(H,25,28)/t20-/m1/s1. The number of rotatable bonds is 7. The quantitative estimate of drug-likeness (QED) is 0.665. The fourth-order valence-corrected chi connectivity index (χ4v) is 5.25. The summed E-state index contributed by atoms with van der Waals surface area (Å²) in [5, 5.41) is 2.91. The van der Waals surface area contributed by atoms with E-state index in [2.05, 4.69) is 10.0 Å². The number of nitrogens with one attached hydrogen (secondary N) is 2. The molecule has 0 bridgehead atoms. The zero-order chi connectivity index (χ0) is 23.3. The van der Waals surface area contributed by atoms with Crippen LogP contribution in [0.5, 0.6) is 0 Å². The molecule has 172 valence electrons. The molecule has 1 heterocycles. The zero-order valence-electron chi connectivity index (χ0n) is 18.8. The lowest BCUT2D eigenvalue weighted by atomic mass is 9.96. The first-order valence-electron chi connectivity index (χ1n) is 11.0. The topological polar surface area (TPSA) is 95.6 Å². The van der Waals surface area contributed by atoms with E-state index in [0.717, 1.165) is 24.8 Å². The van der Waals surface area contributed by atoms with Crippen molar-refractivity contribution < 1.29 is 18.0 Å². The molecule has 0 saturated carbocycles. The Kier molecular flexibility index (Phi) is 7.56. The Bertz CT molecular complexity index is 1100. The fourth-order valence-electron chi connectivity index (χ4n) is 3.98. The Hall–Kier alpha value is -2.87. The van der Waals surface area contributed by atoms with Gasteiger partial charge in [-0.3, -0.25) is 14.3 Å². The monoisotopic (exact) mass is 457 g/mol. The number of piperidine rings is 1. The van der Waals surface area contributed by atoms with Gasteiger partial charge in [0.2, 0.25) is 5.91 Å². The summed E-state index contributed by atoms with van der Waals surface area (Å²) in [5.74, 6) is -0.435. The minimum absolute atomic E-state index is 0.0145. The van der Waals surface area contributed by atoms with Crippen LogP contribution in [-0.4, -0.2) is 44.8 Å². The first-order chi connectivity index (χ1) is 15.2. The third kappa shape index (κ3) is 5.68. The van der Waals surface area contributed by atoms with E-state index in [1.165, 1.54) is 0 Å². The van der Waals surface area contributed by atoms with Crippen molar-refractivity contribution in [1.29, 1.82) is 0 Å². The van der Waals surface area contributed by atoms with Gasteiger partial charge in [-0.2, -0.15) is 0 Å². The van der Waals surface area contributed by atoms with Gasteiger partial charge in [0.1, 0.15) is 0 Å². The van der Waals surface area contributed by atoms with E-state index in [0.29, 0.717) is 36.4 Å². The Morgan fingerprint density at radius 2 is 1.91 bits per heavy atom. The van der Waals surface area contributed by atoms with Crippen molar-refractivity contribution >= 4 is 27.5 Å². The van der Waals surface area contributed by atoms with Gasteiger partial charge in [-0.15, -0.1) is 0 Å². The van der Waals surface area contributed by atoms with Crippen LogP contribution in [0.4, 0.5) is 5.69 Å². The van der Waals surface area contributed by atoms with E-state index in [-0.39, 0.29) is 22.6 Å². The lowest BCUT2D eigenvalue weighted by Gasteiger charge is -2.32. The Morgan fingerprint density at radius 3 is 2.62 bits per heavy atom. The molecule has 0 unspecified atom stereocenters. The second-order valence-electron chi connectivity index (χ2n) is 8.34. The van der Waals surface area contributed by atoms with Gasteiger partial charge >= 0.3 is 0 Å². The second-order valence-corrected chi connectivity index (χ2v) is 9.99. The highest BCUT2D eigenvalue weighted by Crippen LogP contribution is 2.23. The average molecular weight is 458 g/mol. The molecule has 7 nitrogen and oxygen atoms in total. The van der Waals surface area contributed by atoms with E-state index in [1.54, 1.807) is 48.2 Å².